The van der Waals surface area contributed by atoms with Crippen molar-refractivity contribution in [2.45, 2.75) is 91.9 Å². The third kappa shape index (κ3) is 39.8. The molecule has 0 radical (unpaired) electrons. The zero-order valence-electron chi connectivity index (χ0n) is 17.2. The lowest BCUT2D eigenvalue weighted by atomic mass is 10.1. The van der Waals surface area contributed by atoms with Gasteiger partial charge in [0.2, 0.25) is 0 Å². The summed E-state index contributed by atoms with van der Waals surface area (Å²) in [7, 11) is 0. The third-order valence-electron chi connectivity index (χ3n) is 3.25. The second-order valence-electron chi connectivity index (χ2n) is 5.67. The van der Waals surface area contributed by atoms with E-state index in [1.54, 1.807) is 0 Å². The van der Waals surface area contributed by atoms with Gasteiger partial charge in [0, 0.05) is 19.6 Å². The van der Waals surface area contributed by atoms with E-state index < -0.39 is 0 Å². The number of hydrogen-bond acceptors (Lipinski definition) is 5. The van der Waals surface area contributed by atoms with E-state index in [1.807, 2.05) is 13.8 Å². The van der Waals surface area contributed by atoms with Gasteiger partial charge in [0.25, 0.3) is 0 Å². The number of carbonyl (C=O) groups is 1. The van der Waals surface area contributed by atoms with E-state index in [4.69, 9.17) is 19.7 Å². The third-order valence-corrected chi connectivity index (χ3v) is 3.25. The van der Waals surface area contributed by atoms with Crippen molar-refractivity contribution in [1.82, 2.24) is 0 Å². The molecule has 5 nitrogen and oxygen atoms in total. The number of aliphatic hydroxyl groups excluding tert-OH is 2. The molecule has 0 fully saturated rings. The molecular formula is C20H44O5. The molecule has 0 aromatic rings. The fourth-order valence-corrected chi connectivity index (χ4v) is 1.83. The molecule has 0 unspecified atom stereocenters. The molecule has 5 heteroatoms. The molecule has 0 saturated carbocycles. The van der Waals surface area contributed by atoms with Gasteiger partial charge in [-0.05, 0) is 26.7 Å². The Kier molecular flexibility index (Phi) is 36.3. The Morgan fingerprint density at radius 2 is 1.20 bits per heavy atom. The number of rotatable bonds is 14. The molecule has 0 aromatic carbocycles. The smallest absolute Gasteiger partial charge is 0.305 e. The molecule has 154 valence electrons. The van der Waals surface area contributed by atoms with Crippen molar-refractivity contribution in [3.63, 3.8) is 0 Å². The molecule has 0 atom stereocenters. The SMILES string of the molecule is CCCCCCCCCC(=O)OCCCC.CCOCC.OCCO. The second-order valence-corrected chi connectivity index (χ2v) is 5.67. The average molecular weight is 365 g/mol. The van der Waals surface area contributed by atoms with Gasteiger partial charge in [0.1, 0.15) is 0 Å². The van der Waals surface area contributed by atoms with Gasteiger partial charge in [-0.3, -0.25) is 4.79 Å². The van der Waals surface area contributed by atoms with Crippen molar-refractivity contribution in [3.05, 3.63) is 0 Å². The lowest BCUT2D eigenvalue weighted by Gasteiger charge is -2.03. The highest BCUT2D eigenvalue weighted by Crippen LogP contribution is 2.08. The first-order valence-corrected chi connectivity index (χ1v) is 10.1. The van der Waals surface area contributed by atoms with E-state index in [2.05, 4.69) is 13.8 Å². The van der Waals surface area contributed by atoms with Gasteiger partial charge in [-0.25, -0.2) is 0 Å². The summed E-state index contributed by atoms with van der Waals surface area (Å²) in [6.45, 7) is 10.3. The molecule has 0 aliphatic carbocycles. The van der Waals surface area contributed by atoms with Crippen LogP contribution in [-0.2, 0) is 14.3 Å². The number of ether oxygens (including phenoxy) is 2. The Balaban J connectivity index is -0.000000442. The highest BCUT2D eigenvalue weighted by molar-refractivity contribution is 5.69. The first kappa shape index (κ1) is 29.1. The van der Waals surface area contributed by atoms with Crippen LogP contribution in [0.25, 0.3) is 0 Å². The van der Waals surface area contributed by atoms with Crippen molar-refractivity contribution >= 4 is 5.97 Å². The highest BCUT2D eigenvalue weighted by atomic mass is 16.5. The Morgan fingerprint density at radius 1 is 0.720 bits per heavy atom. The van der Waals surface area contributed by atoms with Crippen molar-refractivity contribution in [3.8, 4) is 0 Å². The predicted molar refractivity (Wildman–Crippen MR) is 105 cm³/mol. The van der Waals surface area contributed by atoms with Gasteiger partial charge in [0.15, 0.2) is 0 Å². The minimum absolute atomic E-state index is 0.0120. The molecule has 0 heterocycles. The van der Waals surface area contributed by atoms with Crippen molar-refractivity contribution in [1.29, 1.82) is 0 Å². The van der Waals surface area contributed by atoms with Crippen LogP contribution in [0.4, 0.5) is 0 Å². The number of esters is 1. The van der Waals surface area contributed by atoms with Gasteiger partial charge in [0.05, 0.1) is 19.8 Å². The highest BCUT2D eigenvalue weighted by Gasteiger charge is 2.01. The maximum Gasteiger partial charge on any atom is 0.305 e. The minimum Gasteiger partial charge on any atom is -0.466 e. The van der Waals surface area contributed by atoms with Crippen LogP contribution in [-0.4, -0.2) is 49.2 Å². The molecule has 0 rings (SSSR count). The summed E-state index contributed by atoms with van der Waals surface area (Å²) in [5, 5.41) is 15.2. The number of unbranched alkanes of at least 4 members (excludes halogenated alkanes) is 7. The van der Waals surface area contributed by atoms with Crippen LogP contribution in [0.3, 0.4) is 0 Å². The quantitative estimate of drug-likeness (QED) is 0.351. The molecule has 0 saturated heterocycles. The topological polar surface area (TPSA) is 76.0 Å². The lowest BCUT2D eigenvalue weighted by molar-refractivity contribution is -0.143. The van der Waals surface area contributed by atoms with E-state index in [9.17, 15) is 4.79 Å². The Hall–Kier alpha value is -0.650. The summed E-state index contributed by atoms with van der Waals surface area (Å²) in [5.74, 6) is -0.0120. The standard InChI is InChI=1S/C14H28O2.C4H10O.C2H6O2/c1-3-5-7-8-9-10-11-12-14(15)16-13-6-4-2;1-3-5-4-2;3-1-2-4/h3-13H2,1-2H3;3-4H2,1-2H3;3-4H,1-2H2. The Bertz CT molecular complexity index is 218. The summed E-state index contributed by atoms with van der Waals surface area (Å²) in [4.78, 5) is 11.2. The van der Waals surface area contributed by atoms with Gasteiger partial charge < -0.3 is 19.7 Å². The molecule has 0 aliphatic heterocycles. The molecule has 0 aliphatic rings. The van der Waals surface area contributed by atoms with E-state index in [1.165, 1.54) is 38.5 Å². The van der Waals surface area contributed by atoms with Gasteiger partial charge >= 0.3 is 5.97 Å². The van der Waals surface area contributed by atoms with Gasteiger partial charge in [-0.15, -0.1) is 0 Å². The number of aliphatic hydroxyl groups is 2. The molecule has 0 aromatic heterocycles. The van der Waals surface area contributed by atoms with E-state index in [0.29, 0.717) is 13.0 Å². The van der Waals surface area contributed by atoms with Crippen LogP contribution in [0.5, 0.6) is 0 Å². The average Bonchev–Trinajstić information content (AvgIpc) is 2.62. The van der Waals surface area contributed by atoms with E-state index in [0.717, 1.165) is 32.5 Å². The van der Waals surface area contributed by atoms with Crippen LogP contribution in [0, 0.1) is 0 Å². The van der Waals surface area contributed by atoms with Crippen LogP contribution in [0.15, 0.2) is 0 Å². The molecule has 0 bridgehead atoms. The summed E-state index contributed by atoms with van der Waals surface area (Å²) >= 11 is 0. The van der Waals surface area contributed by atoms with Crippen molar-refractivity contribution in [2.75, 3.05) is 33.0 Å². The first-order chi connectivity index (χ1) is 12.1. The lowest BCUT2D eigenvalue weighted by Crippen LogP contribution is -2.05. The summed E-state index contributed by atoms with van der Waals surface area (Å²) in [5.41, 5.74) is 0. The predicted octanol–water partition coefficient (Wildman–Crippen LogP) is 4.48. The molecule has 2 N–H and O–H groups in total. The Morgan fingerprint density at radius 3 is 1.60 bits per heavy atom. The van der Waals surface area contributed by atoms with E-state index >= 15 is 0 Å². The largest absolute Gasteiger partial charge is 0.466 e. The first-order valence-electron chi connectivity index (χ1n) is 10.1. The van der Waals surface area contributed by atoms with Crippen molar-refractivity contribution in [2.24, 2.45) is 0 Å². The number of hydrogen-bond donors (Lipinski definition) is 2. The number of carbonyl (C=O) groups excluding carboxylic acids is 1. The normalized spacial score (nSPS) is 9.52. The minimum atomic E-state index is -0.125. The van der Waals surface area contributed by atoms with Crippen LogP contribution >= 0.6 is 0 Å². The van der Waals surface area contributed by atoms with Crippen LogP contribution in [0.1, 0.15) is 91.9 Å². The summed E-state index contributed by atoms with van der Waals surface area (Å²) in [6, 6.07) is 0. The second kappa shape index (κ2) is 31.2. The van der Waals surface area contributed by atoms with Gasteiger partial charge in [-0.2, -0.15) is 0 Å². The molecule has 0 amide bonds. The van der Waals surface area contributed by atoms with Crippen molar-refractivity contribution < 1.29 is 24.5 Å². The van der Waals surface area contributed by atoms with Crippen LogP contribution < -0.4 is 0 Å². The molecular weight excluding hydrogens is 320 g/mol. The molecule has 0 spiro atoms. The zero-order valence-corrected chi connectivity index (χ0v) is 17.2. The maximum atomic E-state index is 11.2. The Labute approximate surface area is 156 Å². The van der Waals surface area contributed by atoms with E-state index in [-0.39, 0.29) is 19.2 Å². The zero-order chi connectivity index (χ0) is 19.6. The fourth-order valence-electron chi connectivity index (χ4n) is 1.83. The van der Waals surface area contributed by atoms with Gasteiger partial charge in [-0.1, -0.05) is 58.8 Å². The maximum absolute atomic E-state index is 11.2. The summed E-state index contributed by atoms with van der Waals surface area (Å²) in [6.07, 6.45) is 11.4. The summed E-state index contributed by atoms with van der Waals surface area (Å²) < 4.78 is 9.92. The molecule has 25 heavy (non-hydrogen) atoms. The monoisotopic (exact) mass is 364 g/mol. The van der Waals surface area contributed by atoms with Crippen LogP contribution in [0.2, 0.25) is 0 Å². The fraction of sp³-hybridized carbons (Fsp3) is 0.950.